The fraction of sp³-hybridized carbons (Fsp3) is 0.692. The van der Waals surface area contributed by atoms with Gasteiger partial charge in [-0.05, 0) is 32.1 Å². The minimum absolute atomic E-state index is 0.0132. The molecule has 0 heterocycles. The number of aliphatic carboxylic acids is 1. The third-order valence-electron chi connectivity index (χ3n) is 4.10. The van der Waals surface area contributed by atoms with E-state index in [0.717, 1.165) is 6.42 Å². The molecule has 0 radical (unpaired) electrons. The Morgan fingerprint density at radius 1 is 1.18 bits per heavy atom. The standard InChI is InChI=1S/C13H19NO3/c1-3-14(4-2)12(15)10-8-5-6-9(7-8)11(10)13(16)17/h5-6,8-11H,3-4,7H2,1-2H3,(H,16,17)/t8?,9?,10-,11+/m0/s1. The maximum absolute atomic E-state index is 12.3. The van der Waals surface area contributed by atoms with Gasteiger partial charge >= 0.3 is 5.97 Å². The normalized spacial score (nSPS) is 34.0. The van der Waals surface area contributed by atoms with Gasteiger partial charge in [0.05, 0.1) is 11.8 Å². The molecule has 0 aromatic rings. The minimum atomic E-state index is -0.827. The first-order valence-electron chi connectivity index (χ1n) is 6.30. The molecule has 2 bridgehead atoms. The molecule has 1 saturated carbocycles. The Labute approximate surface area is 101 Å². The summed E-state index contributed by atoms with van der Waals surface area (Å²) in [6.45, 7) is 5.17. The SMILES string of the molecule is CCN(CC)C(=O)[C@H]1C2C=CC(C2)[C@H]1C(=O)O. The number of rotatable bonds is 4. The van der Waals surface area contributed by atoms with E-state index >= 15 is 0 Å². The lowest BCUT2D eigenvalue weighted by molar-refractivity contribution is -0.150. The summed E-state index contributed by atoms with van der Waals surface area (Å²) < 4.78 is 0. The highest BCUT2D eigenvalue weighted by Gasteiger charge is 2.52. The highest BCUT2D eigenvalue weighted by atomic mass is 16.4. The first-order valence-corrected chi connectivity index (χ1v) is 6.30. The molecule has 0 aromatic heterocycles. The van der Waals surface area contributed by atoms with Gasteiger partial charge in [-0.3, -0.25) is 9.59 Å². The quantitative estimate of drug-likeness (QED) is 0.751. The van der Waals surface area contributed by atoms with Crippen LogP contribution in [0.2, 0.25) is 0 Å². The summed E-state index contributed by atoms with van der Waals surface area (Å²) in [5.74, 6) is -1.48. The van der Waals surface area contributed by atoms with Crippen molar-refractivity contribution in [3.8, 4) is 0 Å². The van der Waals surface area contributed by atoms with Gasteiger partial charge in [0, 0.05) is 13.1 Å². The maximum Gasteiger partial charge on any atom is 0.307 e. The van der Waals surface area contributed by atoms with Gasteiger partial charge in [0.2, 0.25) is 5.91 Å². The van der Waals surface area contributed by atoms with Crippen molar-refractivity contribution in [2.75, 3.05) is 13.1 Å². The first kappa shape index (κ1) is 12.1. The van der Waals surface area contributed by atoms with Gasteiger partial charge in [-0.15, -0.1) is 0 Å². The highest BCUT2D eigenvalue weighted by molar-refractivity contribution is 5.86. The molecule has 94 valence electrons. The van der Waals surface area contributed by atoms with E-state index in [0.29, 0.717) is 13.1 Å². The zero-order valence-electron chi connectivity index (χ0n) is 10.3. The van der Waals surface area contributed by atoms with Gasteiger partial charge in [-0.2, -0.15) is 0 Å². The van der Waals surface area contributed by atoms with Crippen molar-refractivity contribution in [3.63, 3.8) is 0 Å². The Hall–Kier alpha value is -1.32. The van der Waals surface area contributed by atoms with E-state index in [9.17, 15) is 14.7 Å². The average Bonchev–Trinajstić information content (AvgIpc) is 2.89. The smallest absolute Gasteiger partial charge is 0.307 e. The van der Waals surface area contributed by atoms with Crippen LogP contribution in [0, 0.1) is 23.7 Å². The fourth-order valence-corrected chi connectivity index (χ4v) is 3.24. The molecule has 4 heteroatoms. The van der Waals surface area contributed by atoms with Crippen molar-refractivity contribution in [1.29, 1.82) is 0 Å². The van der Waals surface area contributed by atoms with Crippen LogP contribution >= 0.6 is 0 Å². The van der Waals surface area contributed by atoms with E-state index in [1.807, 2.05) is 26.0 Å². The third kappa shape index (κ3) is 1.85. The fourth-order valence-electron chi connectivity index (χ4n) is 3.24. The average molecular weight is 237 g/mol. The zero-order valence-corrected chi connectivity index (χ0v) is 10.3. The second-order valence-electron chi connectivity index (χ2n) is 4.85. The number of carboxylic acid groups (broad SMARTS) is 1. The van der Waals surface area contributed by atoms with Crippen molar-refractivity contribution >= 4 is 11.9 Å². The number of carbonyl (C=O) groups is 2. The number of fused-ring (bicyclic) bond motifs is 2. The molecule has 2 aliphatic carbocycles. The molecule has 0 spiro atoms. The van der Waals surface area contributed by atoms with Crippen LogP contribution < -0.4 is 0 Å². The summed E-state index contributed by atoms with van der Waals surface area (Å²) in [5.41, 5.74) is 0. The Bertz CT molecular complexity index is 360. The lowest BCUT2D eigenvalue weighted by Gasteiger charge is -2.29. The van der Waals surface area contributed by atoms with E-state index in [2.05, 4.69) is 0 Å². The summed E-state index contributed by atoms with van der Waals surface area (Å²) in [6.07, 6.45) is 4.82. The summed E-state index contributed by atoms with van der Waals surface area (Å²) in [5, 5.41) is 9.28. The number of carbonyl (C=O) groups excluding carboxylic acids is 1. The van der Waals surface area contributed by atoms with Crippen molar-refractivity contribution in [1.82, 2.24) is 4.90 Å². The monoisotopic (exact) mass is 237 g/mol. The van der Waals surface area contributed by atoms with Gasteiger partial charge in [0.1, 0.15) is 0 Å². The highest BCUT2D eigenvalue weighted by Crippen LogP contribution is 2.48. The van der Waals surface area contributed by atoms with Crippen LogP contribution in [0.4, 0.5) is 0 Å². The van der Waals surface area contributed by atoms with Gasteiger partial charge in [0.15, 0.2) is 0 Å². The molecule has 0 aromatic carbocycles. The summed E-state index contributed by atoms with van der Waals surface area (Å²) in [4.78, 5) is 25.4. The van der Waals surface area contributed by atoms with Crippen molar-refractivity contribution < 1.29 is 14.7 Å². The van der Waals surface area contributed by atoms with Crippen LogP contribution in [-0.2, 0) is 9.59 Å². The van der Waals surface area contributed by atoms with Crippen LogP contribution in [-0.4, -0.2) is 35.0 Å². The summed E-state index contributed by atoms with van der Waals surface area (Å²) in [7, 11) is 0. The molecule has 0 aliphatic heterocycles. The maximum atomic E-state index is 12.3. The Kier molecular flexibility index (Phi) is 3.22. The Balaban J connectivity index is 2.22. The van der Waals surface area contributed by atoms with E-state index in [1.165, 1.54) is 0 Å². The van der Waals surface area contributed by atoms with Gasteiger partial charge in [-0.25, -0.2) is 0 Å². The predicted molar refractivity (Wildman–Crippen MR) is 63.3 cm³/mol. The summed E-state index contributed by atoms with van der Waals surface area (Å²) in [6, 6.07) is 0. The molecule has 1 amide bonds. The topological polar surface area (TPSA) is 57.6 Å². The molecule has 2 unspecified atom stereocenters. The number of carboxylic acids is 1. The molecule has 17 heavy (non-hydrogen) atoms. The van der Waals surface area contributed by atoms with Crippen LogP contribution in [0.25, 0.3) is 0 Å². The van der Waals surface area contributed by atoms with Gasteiger partial charge < -0.3 is 10.0 Å². The number of amides is 1. The zero-order chi connectivity index (χ0) is 12.6. The number of allylic oxidation sites excluding steroid dienone is 2. The van der Waals surface area contributed by atoms with Crippen molar-refractivity contribution in [2.24, 2.45) is 23.7 Å². The molecular formula is C13H19NO3. The number of hydrogen-bond donors (Lipinski definition) is 1. The van der Waals surface area contributed by atoms with Gasteiger partial charge in [0.25, 0.3) is 0 Å². The number of nitrogens with zero attached hydrogens (tertiary/aromatic N) is 1. The van der Waals surface area contributed by atoms with Crippen molar-refractivity contribution in [3.05, 3.63) is 12.2 Å². The molecule has 2 rings (SSSR count). The first-order chi connectivity index (χ1) is 8.10. The number of hydrogen-bond acceptors (Lipinski definition) is 2. The molecule has 1 fully saturated rings. The van der Waals surface area contributed by atoms with Crippen LogP contribution in [0.5, 0.6) is 0 Å². The van der Waals surface area contributed by atoms with E-state index < -0.39 is 11.9 Å². The van der Waals surface area contributed by atoms with Crippen LogP contribution in [0.3, 0.4) is 0 Å². The lowest BCUT2D eigenvalue weighted by atomic mass is 9.82. The Morgan fingerprint density at radius 3 is 2.18 bits per heavy atom. The van der Waals surface area contributed by atoms with Crippen LogP contribution in [0.15, 0.2) is 12.2 Å². The molecule has 1 N–H and O–H groups in total. The second-order valence-corrected chi connectivity index (χ2v) is 4.85. The minimum Gasteiger partial charge on any atom is -0.481 e. The van der Waals surface area contributed by atoms with E-state index in [-0.39, 0.29) is 23.7 Å². The Morgan fingerprint density at radius 2 is 1.71 bits per heavy atom. The van der Waals surface area contributed by atoms with Crippen LogP contribution in [0.1, 0.15) is 20.3 Å². The largest absolute Gasteiger partial charge is 0.481 e. The van der Waals surface area contributed by atoms with E-state index in [1.54, 1.807) is 4.90 Å². The molecule has 0 saturated heterocycles. The van der Waals surface area contributed by atoms with E-state index in [4.69, 9.17) is 0 Å². The molecule has 4 atom stereocenters. The lowest BCUT2D eigenvalue weighted by Crippen LogP contribution is -2.42. The second kappa shape index (κ2) is 4.51. The molecule has 4 nitrogen and oxygen atoms in total. The third-order valence-corrected chi connectivity index (χ3v) is 4.10. The summed E-state index contributed by atoms with van der Waals surface area (Å²) >= 11 is 0. The van der Waals surface area contributed by atoms with Gasteiger partial charge in [-0.1, -0.05) is 12.2 Å². The molecular weight excluding hydrogens is 218 g/mol. The predicted octanol–water partition coefficient (Wildman–Crippen LogP) is 1.38. The molecule has 2 aliphatic rings. The van der Waals surface area contributed by atoms with Crippen molar-refractivity contribution in [2.45, 2.75) is 20.3 Å².